The number of benzene rings is 1. The van der Waals surface area contributed by atoms with Gasteiger partial charge in [-0.1, -0.05) is 36.8 Å². The van der Waals surface area contributed by atoms with Gasteiger partial charge in [0, 0.05) is 32.8 Å². The van der Waals surface area contributed by atoms with E-state index >= 15 is 0 Å². The van der Waals surface area contributed by atoms with Gasteiger partial charge in [-0.15, -0.1) is 0 Å². The number of nitrogens with zero attached hydrogens (tertiary/aromatic N) is 2. The minimum absolute atomic E-state index is 0.864. The third-order valence-corrected chi connectivity index (χ3v) is 6.53. The Morgan fingerprint density at radius 1 is 0.880 bits per heavy atom. The summed E-state index contributed by atoms with van der Waals surface area (Å²) in [5.74, 6) is 2.72. The second kappa shape index (κ2) is 8.66. The summed E-state index contributed by atoms with van der Waals surface area (Å²) in [6.07, 6.45) is 6.63. The number of hydrogen-bond acceptors (Lipinski definition) is 3. The van der Waals surface area contributed by atoms with E-state index in [1.165, 1.54) is 76.9 Å². The van der Waals surface area contributed by atoms with Crippen molar-refractivity contribution in [1.29, 1.82) is 0 Å². The van der Waals surface area contributed by atoms with Crippen molar-refractivity contribution < 1.29 is 4.74 Å². The molecule has 3 atom stereocenters. The lowest BCUT2D eigenvalue weighted by Crippen LogP contribution is -2.31. The Balaban J connectivity index is 1.04. The fraction of sp³-hybridized carbons (Fsp3) is 0.727. The van der Waals surface area contributed by atoms with Crippen molar-refractivity contribution in [2.24, 2.45) is 17.8 Å². The number of fused-ring (bicyclic) bond motifs is 1. The van der Waals surface area contributed by atoms with E-state index in [9.17, 15) is 0 Å². The quantitative estimate of drug-likeness (QED) is 0.641. The molecule has 0 aromatic heterocycles. The summed E-state index contributed by atoms with van der Waals surface area (Å²) in [6.45, 7) is 9.67. The lowest BCUT2D eigenvalue weighted by Gasteiger charge is -2.26. The molecule has 1 aliphatic carbocycles. The maximum absolute atomic E-state index is 6.00. The van der Waals surface area contributed by atoms with Crippen molar-refractivity contribution >= 4 is 0 Å². The van der Waals surface area contributed by atoms with E-state index in [2.05, 4.69) is 40.1 Å². The third-order valence-electron chi connectivity index (χ3n) is 6.53. The van der Waals surface area contributed by atoms with Crippen LogP contribution in [0.25, 0.3) is 0 Å². The predicted molar refractivity (Wildman–Crippen MR) is 103 cm³/mol. The van der Waals surface area contributed by atoms with Crippen LogP contribution in [0.4, 0.5) is 0 Å². The van der Waals surface area contributed by atoms with Crippen LogP contribution in [0.1, 0.15) is 31.2 Å². The summed E-state index contributed by atoms with van der Waals surface area (Å²) in [6, 6.07) is 10.9. The van der Waals surface area contributed by atoms with Crippen molar-refractivity contribution in [3.05, 3.63) is 35.9 Å². The molecule has 3 heteroatoms. The maximum Gasteiger partial charge on any atom is 0.0500 e. The highest BCUT2D eigenvalue weighted by molar-refractivity contribution is 5.15. The van der Waals surface area contributed by atoms with Crippen LogP contribution in [0, 0.1) is 17.8 Å². The Bertz CT molecular complexity index is 502. The Labute approximate surface area is 153 Å². The topological polar surface area (TPSA) is 15.7 Å². The zero-order valence-electron chi connectivity index (χ0n) is 15.6. The molecule has 2 heterocycles. The lowest BCUT2D eigenvalue weighted by atomic mass is 10.1. The number of hydrogen-bond donors (Lipinski definition) is 0. The van der Waals surface area contributed by atoms with Crippen molar-refractivity contribution in [1.82, 2.24) is 9.80 Å². The summed E-state index contributed by atoms with van der Waals surface area (Å²) in [4.78, 5) is 5.28. The van der Waals surface area contributed by atoms with E-state index in [0.717, 1.165) is 31.0 Å². The molecule has 3 aliphatic rings. The fourth-order valence-electron chi connectivity index (χ4n) is 4.89. The van der Waals surface area contributed by atoms with Gasteiger partial charge in [0.25, 0.3) is 0 Å². The van der Waals surface area contributed by atoms with Gasteiger partial charge >= 0.3 is 0 Å². The molecule has 1 aromatic carbocycles. The average Bonchev–Trinajstić information content (AvgIpc) is 3.12. The average molecular weight is 343 g/mol. The summed E-state index contributed by atoms with van der Waals surface area (Å²) in [7, 11) is 0. The van der Waals surface area contributed by atoms with Crippen LogP contribution in [-0.4, -0.2) is 62.3 Å². The molecule has 0 spiro atoms. The summed E-state index contributed by atoms with van der Waals surface area (Å²) < 4.78 is 6.00. The molecule has 138 valence electrons. The van der Waals surface area contributed by atoms with Crippen molar-refractivity contribution in [3.8, 4) is 0 Å². The van der Waals surface area contributed by atoms with Gasteiger partial charge in [0.15, 0.2) is 0 Å². The van der Waals surface area contributed by atoms with Crippen LogP contribution in [0.2, 0.25) is 0 Å². The largest absolute Gasteiger partial charge is 0.381 e. The van der Waals surface area contributed by atoms with Gasteiger partial charge in [0.2, 0.25) is 0 Å². The minimum atomic E-state index is 0.864. The molecule has 4 rings (SSSR count). The summed E-state index contributed by atoms with van der Waals surface area (Å²) >= 11 is 0. The van der Waals surface area contributed by atoms with Gasteiger partial charge in [-0.25, -0.2) is 0 Å². The SMILES string of the molecule is c1ccc(CCN2C[C@@H]3C(COCCCN4CCCCC4)[C@@H]3C2)cc1. The zero-order chi connectivity index (χ0) is 16.9. The second-order valence-corrected chi connectivity index (χ2v) is 8.32. The Morgan fingerprint density at radius 2 is 1.64 bits per heavy atom. The zero-order valence-corrected chi connectivity index (χ0v) is 15.6. The van der Waals surface area contributed by atoms with Gasteiger partial charge < -0.3 is 14.5 Å². The highest BCUT2D eigenvalue weighted by Gasteiger charge is 2.55. The van der Waals surface area contributed by atoms with E-state index in [4.69, 9.17) is 4.74 Å². The van der Waals surface area contributed by atoms with Crippen LogP contribution >= 0.6 is 0 Å². The molecule has 25 heavy (non-hydrogen) atoms. The fourth-order valence-corrected chi connectivity index (χ4v) is 4.89. The molecule has 2 aliphatic heterocycles. The Hall–Kier alpha value is -0.900. The first-order valence-electron chi connectivity index (χ1n) is 10.5. The lowest BCUT2D eigenvalue weighted by molar-refractivity contribution is 0.0972. The monoisotopic (exact) mass is 342 g/mol. The molecule has 3 fully saturated rings. The number of likely N-dealkylation sites (tertiary alicyclic amines) is 2. The predicted octanol–water partition coefficient (Wildman–Crippen LogP) is 3.30. The first-order valence-corrected chi connectivity index (χ1v) is 10.5. The number of rotatable bonds is 9. The first kappa shape index (κ1) is 17.5. The van der Waals surface area contributed by atoms with Gasteiger partial charge in [0.1, 0.15) is 0 Å². The second-order valence-electron chi connectivity index (χ2n) is 8.32. The van der Waals surface area contributed by atoms with E-state index in [1.54, 1.807) is 0 Å². The van der Waals surface area contributed by atoms with Crippen molar-refractivity contribution in [3.63, 3.8) is 0 Å². The van der Waals surface area contributed by atoms with Crippen LogP contribution in [0.3, 0.4) is 0 Å². The Kier molecular flexibility index (Phi) is 6.06. The molecule has 1 unspecified atom stereocenters. The highest BCUT2D eigenvalue weighted by Crippen LogP contribution is 2.51. The molecular weight excluding hydrogens is 308 g/mol. The van der Waals surface area contributed by atoms with E-state index in [1.807, 2.05) is 0 Å². The molecule has 0 N–H and O–H groups in total. The molecule has 0 radical (unpaired) electrons. The van der Waals surface area contributed by atoms with E-state index < -0.39 is 0 Å². The number of piperidine rings is 2. The molecule has 0 bridgehead atoms. The molecular formula is C22H34N2O. The maximum atomic E-state index is 6.00. The first-order chi connectivity index (χ1) is 12.4. The molecule has 1 aromatic rings. The third kappa shape index (κ3) is 4.84. The van der Waals surface area contributed by atoms with Crippen LogP contribution in [0.15, 0.2) is 30.3 Å². The highest BCUT2D eigenvalue weighted by atomic mass is 16.5. The van der Waals surface area contributed by atoms with Crippen LogP contribution < -0.4 is 0 Å². The smallest absolute Gasteiger partial charge is 0.0500 e. The normalized spacial score (nSPS) is 29.7. The Morgan fingerprint density at radius 3 is 2.40 bits per heavy atom. The van der Waals surface area contributed by atoms with Gasteiger partial charge in [-0.05, 0) is 62.1 Å². The van der Waals surface area contributed by atoms with E-state index in [0.29, 0.717) is 0 Å². The van der Waals surface area contributed by atoms with Crippen LogP contribution in [0.5, 0.6) is 0 Å². The molecule has 3 nitrogen and oxygen atoms in total. The van der Waals surface area contributed by atoms with Gasteiger partial charge in [-0.2, -0.15) is 0 Å². The molecule has 1 saturated carbocycles. The minimum Gasteiger partial charge on any atom is -0.381 e. The van der Waals surface area contributed by atoms with Gasteiger partial charge in [0.05, 0.1) is 6.61 Å². The summed E-state index contributed by atoms with van der Waals surface area (Å²) in [5, 5.41) is 0. The number of ether oxygens (including phenoxy) is 1. The standard InChI is InChI=1S/C22H34N2O/c1-3-8-19(9-4-1)10-14-24-16-20-21(17-24)22(20)18-25-15-7-13-23-11-5-2-6-12-23/h1,3-4,8-9,20-22H,2,5-7,10-18H2/t20-,21+,22?. The van der Waals surface area contributed by atoms with Gasteiger partial charge in [-0.3, -0.25) is 0 Å². The molecule has 2 saturated heterocycles. The van der Waals surface area contributed by atoms with Crippen LogP contribution in [-0.2, 0) is 11.2 Å². The summed E-state index contributed by atoms with van der Waals surface area (Å²) in [5.41, 5.74) is 1.47. The molecule has 0 amide bonds. The van der Waals surface area contributed by atoms with Crippen molar-refractivity contribution in [2.75, 3.05) is 52.5 Å². The van der Waals surface area contributed by atoms with Crippen molar-refractivity contribution in [2.45, 2.75) is 32.1 Å². The van der Waals surface area contributed by atoms with E-state index in [-0.39, 0.29) is 0 Å².